The zero-order valence-corrected chi connectivity index (χ0v) is 11.7. The van der Waals surface area contributed by atoms with Crippen LogP contribution in [0.1, 0.15) is 19.0 Å². The number of nitrogens with one attached hydrogen (secondary N) is 1. The molecule has 19 heavy (non-hydrogen) atoms. The number of thioether (sulfide) groups is 1. The SMILES string of the molecule is CCC(=NNc1ccccc1)c1cnnc(SC)n1. The van der Waals surface area contributed by atoms with Crippen LogP contribution in [0.25, 0.3) is 0 Å². The van der Waals surface area contributed by atoms with Gasteiger partial charge in [-0.15, -0.1) is 5.10 Å². The molecule has 0 atom stereocenters. The summed E-state index contributed by atoms with van der Waals surface area (Å²) in [6.45, 7) is 2.03. The van der Waals surface area contributed by atoms with Crippen molar-refractivity contribution in [3.05, 3.63) is 42.2 Å². The number of nitrogens with zero attached hydrogens (tertiary/aromatic N) is 4. The Balaban J connectivity index is 2.19. The summed E-state index contributed by atoms with van der Waals surface area (Å²) >= 11 is 1.47. The Morgan fingerprint density at radius 1 is 1.32 bits per heavy atom. The molecule has 0 unspecified atom stereocenters. The van der Waals surface area contributed by atoms with E-state index < -0.39 is 0 Å². The van der Waals surface area contributed by atoms with Gasteiger partial charge >= 0.3 is 0 Å². The highest BCUT2D eigenvalue weighted by Crippen LogP contribution is 2.09. The summed E-state index contributed by atoms with van der Waals surface area (Å²) in [5, 5.41) is 12.9. The summed E-state index contributed by atoms with van der Waals surface area (Å²) in [4.78, 5) is 4.39. The van der Waals surface area contributed by atoms with Gasteiger partial charge in [0.05, 0.1) is 17.6 Å². The van der Waals surface area contributed by atoms with E-state index in [4.69, 9.17) is 0 Å². The van der Waals surface area contributed by atoms with Crippen molar-refractivity contribution >= 4 is 23.2 Å². The second-order valence-electron chi connectivity index (χ2n) is 3.72. The van der Waals surface area contributed by atoms with Crippen LogP contribution in [0.4, 0.5) is 5.69 Å². The van der Waals surface area contributed by atoms with E-state index in [1.807, 2.05) is 43.5 Å². The Morgan fingerprint density at radius 3 is 2.79 bits per heavy atom. The molecule has 0 radical (unpaired) electrons. The van der Waals surface area contributed by atoms with Crippen LogP contribution in [0.15, 0.2) is 46.8 Å². The minimum atomic E-state index is 0.651. The molecule has 1 heterocycles. The maximum atomic E-state index is 4.39. The van der Waals surface area contributed by atoms with E-state index >= 15 is 0 Å². The minimum absolute atomic E-state index is 0.651. The molecule has 0 spiro atoms. The Labute approximate surface area is 116 Å². The van der Waals surface area contributed by atoms with Gasteiger partial charge in [0.25, 0.3) is 0 Å². The lowest BCUT2D eigenvalue weighted by molar-refractivity contribution is 0.831. The van der Waals surface area contributed by atoms with Crippen molar-refractivity contribution in [3.8, 4) is 0 Å². The molecular formula is C13H15N5S. The van der Waals surface area contributed by atoms with Gasteiger partial charge in [0.15, 0.2) is 0 Å². The molecule has 6 heteroatoms. The Bertz CT molecular complexity index is 556. The predicted molar refractivity (Wildman–Crippen MR) is 78.5 cm³/mol. The highest BCUT2D eigenvalue weighted by Gasteiger charge is 2.06. The van der Waals surface area contributed by atoms with Crippen molar-refractivity contribution in [2.24, 2.45) is 5.10 Å². The molecule has 0 aliphatic heterocycles. The van der Waals surface area contributed by atoms with Crippen molar-refractivity contribution in [2.45, 2.75) is 18.5 Å². The first-order chi connectivity index (χ1) is 9.33. The molecule has 0 amide bonds. The average Bonchev–Trinajstić information content (AvgIpc) is 2.49. The van der Waals surface area contributed by atoms with E-state index in [1.165, 1.54) is 11.8 Å². The molecule has 1 N–H and O–H groups in total. The number of hydrazone groups is 1. The molecule has 2 aromatic rings. The van der Waals surface area contributed by atoms with Crippen LogP contribution in [0.5, 0.6) is 0 Å². The second-order valence-corrected chi connectivity index (χ2v) is 4.49. The van der Waals surface area contributed by atoms with Crippen molar-refractivity contribution < 1.29 is 0 Å². The lowest BCUT2D eigenvalue weighted by Crippen LogP contribution is -2.08. The van der Waals surface area contributed by atoms with Gasteiger partial charge in [-0.1, -0.05) is 36.9 Å². The summed E-state index contributed by atoms with van der Waals surface area (Å²) in [6.07, 6.45) is 4.33. The molecule has 1 aromatic carbocycles. The van der Waals surface area contributed by atoms with Gasteiger partial charge in [0, 0.05) is 0 Å². The fraction of sp³-hybridized carbons (Fsp3) is 0.231. The first kappa shape index (κ1) is 13.5. The summed E-state index contributed by atoms with van der Waals surface area (Å²) in [6, 6.07) is 9.81. The van der Waals surface area contributed by atoms with Gasteiger partial charge in [-0.05, 0) is 24.8 Å². The van der Waals surface area contributed by atoms with Gasteiger partial charge in [0.2, 0.25) is 5.16 Å². The quantitative estimate of drug-likeness (QED) is 0.515. The normalized spacial score (nSPS) is 11.4. The smallest absolute Gasteiger partial charge is 0.209 e. The number of para-hydroxylation sites is 1. The topological polar surface area (TPSA) is 63.1 Å². The maximum Gasteiger partial charge on any atom is 0.209 e. The van der Waals surface area contributed by atoms with E-state index in [0.29, 0.717) is 5.16 Å². The van der Waals surface area contributed by atoms with Gasteiger partial charge < -0.3 is 0 Å². The number of anilines is 1. The lowest BCUT2D eigenvalue weighted by atomic mass is 10.2. The molecule has 2 rings (SSSR count). The fourth-order valence-corrected chi connectivity index (χ4v) is 1.79. The molecule has 0 saturated heterocycles. The third-order valence-corrected chi connectivity index (χ3v) is 2.98. The van der Waals surface area contributed by atoms with Gasteiger partial charge in [-0.3, -0.25) is 5.43 Å². The number of hydrogen-bond acceptors (Lipinski definition) is 6. The van der Waals surface area contributed by atoms with Gasteiger partial charge in [-0.25, -0.2) is 4.98 Å². The van der Waals surface area contributed by atoms with Gasteiger partial charge in [0.1, 0.15) is 5.69 Å². The molecular weight excluding hydrogens is 258 g/mol. The predicted octanol–water partition coefficient (Wildman–Crippen LogP) is 2.82. The van der Waals surface area contributed by atoms with Crippen LogP contribution in [-0.2, 0) is 0 Å². The van der Waals surface area contributed by atoms with Crippen molar-refractivity contribution in [1.29, 1.82) is 0 Å². The number of hydrogen-bond donors (Lipinski definition) is 1. The lowest BCUT2D eigenvalue weighted by Gasteiger charge is -2.05. The van der Waals surface area contributed by atoms with E-state index in [0.717, 1.165) is 23.5 Å². The van der Waals surface area contributed by atoms with E-state index in [2.05, 4.69) is 25.7 Å². The molecule has 0 aliphatic carbocycles. The van der Waals surface area contributed by atoms with Crippen molar-refractivity contribution in [2.75, 3.05) is 11.7 Å². The molecule has 1 aromatic heterocycles. The van der Waals surface area contributed by atoms with Crippen LogP contribution >= 0.6 is 11.8 Å². The number of benzene rings is 1. The van der Waals surface area contributed by atoms with Crippen LogP contribution in [-0.4, -0.2) is 27.1 Å². The molecule has 5 nitrogen and oxygen atoms in total. The third-order valence-electron chi connectivity index (χ3n) is 2.45. The van der Waals surface area contributed by atoms with E-state index in [1.54, 1.807) is 6.20 Å². The van der Waals surface area contributed by atoms with Crippen LogP contribution in [0, 0.1) is 0 Å². The first-order valence-corrected chi connectivity index (χ1v) is 7.17. The fourth-order valence-electron chi connectivity index (χ4n) is 1.47. The van der Waals surface area contributed by atoms with Crippen LogP contribution in [0.2, 0.25) is 0 Å². The second kappa shape index (κ2) is 6.84. The summed E-state index contributed by atoms with van der Waals surface area (Å²) in [5.74, 6) is 0. The van der Waals surface area contributed by atoms with Gasteiger partial charge in [-0.2, -0.15) is 10.2 Å². The Morgan fingerprint density at radius 2 is 2.11 bits per heavy atom. The zero-order valence-electron chi connectivity index (χ0n) is 10.9. The van der Waals surface area contributed by atoms with Crippen LogP contribution in [0.3, 0.4) is 0 Å². The largest absolute Gasteiger partial charge is 0.278 e. The molecule has 98 valence electrons. The standard InChI is InChI=1S/C13H15N5S/c1-3-11(12-9-14-18-13(15-12)19-2)17-16-10-7-5-4-6-8-10/h4-9,16H,3H2,1-2H3. The molecule has 0 bridgehead atoms. The summed E-state index contributed by atoms with van der Waals surface area (Å²) < 4.78 is 0. The Hall–Kier alpha value is -1.95. The Kier molecular flexibility index (Phi) is 4.85. The van der Waals surface area contributed by atoms with Crippen LogP contribution < -0.4 is 5.43 Å². The maximum absolute atomic E-state index is 4.39. The molecule has 0 saturated carbocycles. The molecule has 0 aliphatic rings. The third kappa shape index (κ3) is 3.75. The van der Waals surface area contributed by atoms with E-state index in [9.17, 15) is 0 Å². The summed E-state index contributed by atoms with van der Waals surface area (Å²) in [5.41, 5.74) is 5.58. The van der Waals surface area contributed by atoms with Crippen molar-refractivity contribution in [1.82, 2.24) is 15.2 Å². The monoisotopic (exact) mass is 273 g/mol. The summed E-state index contributed by atoms with van der Waals surface area (Å²) in [7, 11) is 0. The first-order valence-electron chi connectivity index (χ1n) is 5.95. The number of aromatic nitrogens is 3. The molecule has 0 fully saturated rings. The number of rotatable bonds is 5. The highest BCUT2D eigenvalue weighted by molar-refractivity contribution is 7.98. The minimum Gasteiger partial charge on any atom is -0.278 e. The average molecular weight is 273 g/mol. The zero-order chi connectivity index (χ0) is 13.5. The highest BCUT2D eigenvalue weighted by atomic mass is 32.2. The van der Waals surface area contributed by atoms with Crippen molar-refractivity contribution in [3.63, 3.8) is 0 Å². The van der Waals surface area contributed by atoms with E-state index in [-0.39, 0.29) is 0 Å².